The van der Waals surface area contributed by atoms with Crippen LogP contribution in [0.2, 0.25) is 0 Å². The van der Waals surface area contributed by atoms with E-state index in [1.807, 2.05) is 0 Å². The predicted octanol–water partition coefficient (Wildman–Crippen LogP) is 2.03. The van der Waals surface area contributed by atoms with Gasteiger partial charge in [-0.05, 0) is 24.8 Å². The maximum atomic E-state index is 3.56. The van der Waals surface area contributed by atoms with Gasteiger partial charge in [0.15, 0.2) is 0 Å². The first-order valence-corrected chi connectivity index (χ1v) is 4.49. The van der Waals surface area contributed by atoms with Gasteiger partial charge in [0, 0.05) is 6.04 Å². The van der Waals surface area contributed by atoms with Crippen molar-refractivity contribution in [3.63, 3.8) is 0 Å². The highest BCUT2D eigenvalue weighted by Gasteiger charge is 2.26. The summed E-state index contributed by atoms with van der Waals surface area (Å²) in [5.41, 5.74) is 0. The van der Waals surface area contributed by atoms with Crippen LogP contribution >= 0.6 is 0 Å². The van der Waals surface area contributed by atoms with Crippen molar-refractivity contribution in [1.82, 2.24) is 5.32 Å². The van der Waals surface area contributed by atoms with E-state index in [9.17, 15) is 0 Å². The number of nitrogens with one attached hydrogen (secondary N) is 1. The van der Waals surface area contributed by atoms with Crippen LogP contribution in [0.5, 0.6) is 0 Å². The van der Waals surface area contributed by atoms with Crippen molar-refractivity contribution in [3.05, 3.63) is 0 Å². The highest BCUT2D eigenvalue weighted by Crippen LogP contribution is 2.23. The van der Waals surface area contributed by atoms with Gasteiger partial charge in [0.25, 0.3) is 0 Å². The lowest BCUT2D eigenvalue weighted by Crippen LogP contribution is -2.31. The third kappa shape index (κ3) is 1.51. The van der Waals surface area contributed by atoms with E-state index in [-0.39, 0.29) is 0 Å². The molecular weight excluding hydrogens is 122 g/mol. The molecule has 60 valence electrons. The molecule has 1 nitrogen and oxygen atoms in total. The second-order valence-electron chi connectivity index (χ2n) is 3.68. The third-order valence-corrected chi connectivity index (χ3v) is 2.65. The molecule has 0 aromatic rings. The van der Waals surface area contributed by atoms with Gasteiger partial charge in [-0.3, -0.25) is 0 Å². The number of rotatable bonds is 2. The van der Waals surface area contributed by atoms with Gasteiger partial charge in [-0.15, -0.1) is 0 Å². The minimum absolute atomic E-state index is 0.796. The van der Waals surface area contributed by atoms with Crippen molar-refractivity contribution in [2.24, 2.45) is 11.8 Å². The van der Waals surface area contributed by atoms with Crippen LogP contribution in [0.3, 0.4) is 0 Å². The van der Waals surface area contributed by atoms with E-state index in [0.29, 0.717) is 0 Å². The molecule has 1 N–H and O–H groups in total. The molecule has 0 aromatic carbocycles. The second kappa shape index (κ2) is 3.38. The average molecular weight is 141 g/mol. The molecule has 1 rings (SSSR count). The smallest absolute Gasteiger partial charge is 0.0119 e. The van der Waals surface area contributed by atoms with E-state index >= 15 is 0 Å². The zero-order chi connectivity index (χ0) is 7.56. The first-order valence-electron chi connectivity index (χ1n) is 4.49. The van der Waals surface area contributed by atoms with Crippen LogP contribution in [-0.4, -0.2) is 12.6 Å². The summed E-state index contributed by atoms with van der Waals surface area (Å²) in [5.74, 6) is 1.76. The molecule has 0 bridgehead atoms. The van der Waals surface area contributed by atoms with Crippen LogP contribution in [0.25, 0.3) is 0 Å². The fourth-order valence-electron chi connectivity index (χ4n) is 2.02. The zero-order valence-electron chi connectivity index (χ0n) is 7.35. The van der Waals surface area contributed by atoms with Crippen molar-refractivity contribution in [1.29, 1.82) is 0 Å². The largest absolute Gasteiger partial charge is 0.313 e. The summed E-state index contributed by atoms with van der Waals surface area (Å²) in [7, 11) is 0. The van der Waals surface area contributed by atoms with Crippen LogP contribution in [-0.2, 0) is 0 Å². The Kier molecular flexibility index (Phi) is 2.72. The Bertz CT molecular complexity index is 98.9. The second-order valence-corrected chi connectivity index (χ2v) is 3.68. The summed E-state index contributed by atoms with van der Waals surface area (Å²) in [6.07, 6.45) is 2.73. The normalized spacial score (nSPS) is 33.6. The highest BCUT2D eigenvalue weighted by atomic mass is 15.0. The quantitative estimate of drug-likeness (QED) is 0.620. The molecule has 0 aliphatic carbocycles. The van der Waals surface area contributed by atoms with Gasteiger partial charge in [0.1, 0.15) is 0 Å². The lowest BCUT2D eigenvalue weighted by atomic mass is 9.90. The first-order chi connectivity index (χ1) is 4.75. The van der Waals surface area contributed by atoms with E-state index in [1.165, 1.54) is 19.4 Å². The Balaban J connectivity index is 2.42. The van der Waals surface area contributed by atoms with E-state index in [0.717, 1.165) is 17.9 Å². The molecule has 1 heterocycles. The average Bonchev–Trinajstić information content (AvgIpc) is 2.33. The van der Waals surface area contributed by atoms with Gasteiger partial charge in [0.2, 0.25) is 0 Å². The molecule has 1 fully saturated rings. The van der Waals surface area contributed by atoms with Crippen LogP contribution < -0.4 is 5.32 Å². The van der Waals surface area contributed by atoms with Crippen molar-refractivity contribution in [2.45, 2.75) is 39.7 Å². The summed E-state index contributed by atoms with van der Waals surface area (Å²) >= 11 is 0. The summed E-state index contributed by atoms with van der Waals surface area (Å²) < 4.78 is 0. The van der Waals surface area contributed by atoms with Crippen molar-refractivity contribution < 1.29 is 0 Å². The molecule has 0 aromatic heterocycles. The summed E-state index contributed by atoms with van der Waals surface area (Å²) in [5, 5.41) is 3.56. The van der Waals surface area contributed by atoms with E-state index in [1.54, 1.807) is 0 Å². The monoisotopic (exact) mass is 141 g/mol. The maximum absolute atomic E-state index is 3.56. The summed E-state index contributed by atoms with van der Waals surface area (Å²) in [6.45, 7) is 8.16. The molecule has 0 spiro atoms. The Hall–Kier alpha value is -0.0400. The molecule has 1 heteroatoms. The van der Waals surface area contributed by atoms with Gasteiger partial charge >= 0.3 is 0 Å². The van der Waals surface area contributed by atoms with Gasteiger partial charge in [-0.1, -0.05) is 27.2 Å². The molecule has 0 radical (unpaired) electrons. The predicted molar refractivity (Wildman–Crippen MR) is 45.0 cm³/mol. The topological polar surface area (TPSA) is 12.0 Å². The minimum atomic E-state index is 0.796. The molecule has 0 saturated carbocycles. The Labute approximate surface area is 64.2 Å². The lowest BCUT2D eigenvalue weighted by molar-refractivity contribution is 0.347. The van der Waals surface area contributed by atoms with E-state index in [4.69, 9.17) is 0 Å². The van der Waals surface area contributed by atoms with Gasteiger partial charge in [0.05, 0.1) is 0 Å². The fraction of sp³-hybridized carbons (Fsp3) is 1.00. The summed E-state index contributed by atoms with van der Waals surface area (Å²) in [4.78, 5) is 0. The molecular formula is C9H19N. The van der Waals surface area contributed by atoms with Crippen molar-refractivity contribution in [2.75, 3.05) is 6.54 Å². The third-order valence-electron chi connectivity index (χ3n) is 2.65. The molecule has 2 atom stereocenters. The van der Waals surface area contributed by atoms with Gasteiger partial charge in [-0.2, -0.15) is 0 Å². The van der Waals surface area contributed by atoms with Crippen LogP contribution in [0, 0.1) is 11.8 Å². The van der Waals surface area contributed by atoms with Crippen LogP contribution in [0.1, 0.15) is 33.6 Å². The van der Waals surface area contributed by atoms with Gasteiger partial charge in [-0.25, -0.2) is 0 Å². The molecule has 2 unspecified atom stereocenters. The molecule has 1 saturated heterocycles. The van der Waals surface area contributed by atoms with E-state index in [2.05, 4.69) is 26.1 Å². The van der Waals surface area contributed by atoms with Crippen molar-refractivity contribution in [3.8, 4) is 0 Å². The lowest BCUT2D eigenvalue weighted by Gasteiger charge is -2.21. The van der Waals surface area contributed by atoms with E-state index < -0.39 is 0 Å². The SMILES string of the molecule is CCC1CCNC1C(C)C. The number of hydrogen-bond acceptors (Lipinski definition) is 1. The van der Waals surface area contributed by atoms with Crippen LogP contribution in [0.15, 0.2) is 0 Å². The number of hydrogen-bond donors (Lipinski definition) is 1. The molecule has 0 amide bonds. The molecule has 10 heavy (non-hydrogen) atoms. The van der Waals surface area contributed by atoms with Crippen LogP contribution in [0.4, 0.5) is 0 Å². The Morgan fingerprint density at radius 1 is 1.50 bits per heavy atom. The highest BCUT2D eigenvalue weighted by molar-refractivity contribution is 4.84. The molecule has 1 aliphatic heterocycles. The Morgan fingerprint density at radius 2 is 2.20 bits per heavy atom. The molecule has 1 aliphatic rings. The standard InChI is InChI=1S/C9H19N/c1-4-8-5-6-10-9(8)7(2)3/h7-10H,4-6H2,1-3H3. The maximum Gasteiger partial charge on any atom is 0.0119 e. The van der Waals surface area contributed by atoms with Gasteiger partial charge < -0.3 is 5.32 Å². The van der Waals surface area contributed by atoms with Crippen molar-refractivity contribution >= 4 is 0 Å². The Morgan fingerprint density at radius 3 is 2.60 bits per heavy atom. The fourth-order valence-corrected chi connectivity index (χ4v) is 2.02. The minimum Gasteiger partial charge on any atom is -0.313 e. The summed E-state index contributed by atoms with van der Waals surface area (Å²) in [6, 6.07) is 0.796. The zero-order valence-corrected chi connectivity index (χ0v) is 7.35. The first kappa shape index (κ1) is 8.06.